The normalized spacial score (nSPS) is 14.1. The molecule has 0 spiro atoms. The molecule has 3 N–H and O–H groups in total. The van der Waals surface area contributed by atoms with Gasteiger partial charge < -0.3 is 39.8 Å². The van der Waals surface area contributed by atoms with Gasteiger partial charge in [0.05, 0.1) is 37.6 Å². The summed E-state index contributed by atoms with van der Waals surface area (Å²) < 4.78 is 15.9. The van der Waals surface area contributed by atoms with Crippen LogP contribution < -0.4 is 16.0 Å². The number of hydrogen-bond donors (Lipinski definition) is 3. The molecular weight excluding hydrogens is 650 g/mol. The van der Waals surface area contributed by atoms with Crippen LogP contribution in [0.5, 0.6) is 0 Å². The van der Waals surface area contributed by atoms with Gasteiger partial charge in [-0.25, -0.2) is 19.2 Å². The molecule has 2 saturated heterocycles. The predicted molar refractivity (Wildman–Crippen MR) is 163 cm³/mol. The summed E-state index contributed by atoms with van der Waals surface area (Å²) in [6.07, 6.45) is -1.16. The van der Waals surface area contributed by atoms with Crippen LogP contribution in [-0.2, 0) is 49.7 Å². The average Bonchev–Trinajstić information content (AvgIpc) is 3.58. The number of nitrogens with one attached hydrogen (secondary N) is 3. The van der Waals surface area contributed by atoms with E-state index in [1.54, 1.807) is 0 Å². The first kappa shape index (κ1) is 36.0. The van der Waals surface area contributed by atoms with Gasteiger partial charge in [-0.2, -0.15) is 0 Å². The maximum absolute atomic E-state index is 12.8. The first-order valence-electron chi connectivity index (χ1n) is 15.1. The number of carbonyl (C=O) groups excluding carboxylic acids is 8. The lowest BCUT2D eigenvalue weighted by Gasteiger charge is -2.16. The standard InChI is InChI=1S/C31H33N5O13/c37-24-6-7-25(38)35(24)48-28(41)21-16-22(29(42)49-36-26(39)8-9-27(36)40)18-23(17-21)34-30(43)32-10-12-45-14-15-46-13-11-33-31(44)47-19-20-4-2-1-3-5-20/h1-5,16-18H,6-15,19H2,(H,33,44)(H2,32,34,43). The summed E-state index contributed by atoms with van der Waals surface area (Å²) in [7, 11) is 0. The van der Waals surface area contributed by atoms with Gasteiger partial charge in [-0.1, -0.05) is 30.3 Å². The number of rotatable bonds is 16. The molecule has 0 bridgehead atoms. The van der Waals surface area contributed by atoms with E-state index in [2.05, 4.69) is 16.0 Å². The summed E-state index contributed by atoms with van der Waals surface area (Å²) in [5.41, 5.74) is 0.0338. The summed E-state index contributed by atoms with van der Waals surface area (Å²) in [6, 6.07) is 11.7. The van der Waals surface area contributed by atoms with E-state index in [0.717, 1.165) is 23.8 Å². The third kappa shape index (κ3) is 11.1. The lowest BCUT2D eigenvalue weighted by Crippen LogP contribution is -2.33. The van der Waals surface area contributed by atoms with E-state index in [1.807, 2.05) is 30.3 Å². The van der Waals surface area contributed by atoms with Crippen LogP contribution in [0.4, 0.5) is 15.3 Å². The fourth-order valence-corrected chi connectivity index (χ4v) is 4.26. The first-order valence-corrected chi connectivity index (χ1v) is 15.1. The topological polar surface area (TPSA) is 225 Å². The van der Waals surface area contributed by atoms with E-state index in [1.165, 1.54) is 0 Å². The molecule has 2 aromatic carbocycles. The maximum atomic E-state index is 12.8. The largest absolute Gasteiger partial charge is 0.445 e. The molecule has 7 amide bonds. The molecule has 0 atom stereocenters. The first-order chi connectivity index (χ1) is 23.6. The summed E-state index contributed by atoms with van der Waals surface area (Å²) in [4.78, 5) is 107. The molecule has 49 heavy (non-hydrogen) atoms. The van der Waals surface area contributed by atoms with Crippen molar-refractivity contribution in [1.82, 2.24) is 20.8 Å². The van der Waals surface area contributed by atoms with E-state index in [4.69, 9.17) is 23.9 Å². The van der Waals surface area contributed by atoms with Gasteiger partial charge in [-0.3, -0.25) is 19.2 Å². The summed E-state index contributed by atoms with van der Waals surface area (Å²) in [6.45, 7) is 1.18. The van der Waals surface area contributed by atoms with Crippen LogP contribution in [0.1, 0.15) is 52.0 Å². The highest BCUT2D eigenvalue weighted by Gasteiger charge is 2.35. The monoisotopic (exact) mass is 683 g/mol. The van der Waals surface area contributed by atoms with Crippen LogP contribution in [0.25, 0.3) is 0 Å². The molecule has 0 saturated carbocycles. The fraction of sp³-hybridized carbons (Fsp3) is 0.355. The Morgan fingerprint density at radius 2 is 1.12 bits per heavy atom. The molecule has 2 heterocycles. The van der Waals surface area contributed by atoms with Gasteiger partial charge in [0, 0.05) is 44.5 Å². The summed E-state index contributed by atoms with van der Waals surface area (Å²) >= 11 is 0. The number of ether oxygens (including phenoxy) is 3. The number of amides is 7. The Morgan fingerprint density at radius 1 is 0.633 bits per heavy atom. The average molecular weight is 684 g/mol. The molecule has 4 rings (SSSR count). The van der Waals surface area contributed by atoms with Crippen LogP contribution in [0.3, 0.4) is 0 Å². The minimum Gasteiger partial charge on any atom is -0.445 e. The van der Waals surface area contributed by atoms with Crippen LogP contribution in [-0.4, -0.2) is 97.3 Å². The number of imide groups is 2. The molecule has 0 radical (unpaired) electrons. The third-order valence-corrected chi connectivity index (χ3v) is 6.65. The molecule has 18 nitrogen and oxygen atoms in total. The Morgan fingerprint density at radius 3 is 1.63 bits per heavy atom. The number of alkyl carbamates (subject to hydrolysis) is 1. The lowest BCUT2D eigenvalue weighted by molar-refractivity contribution is -0.173. The minimum atomic E-state index is -1.20. The summed E-state index contributed by atoms with van der Waals surface area (Å²) in [5, 5.41) is 8.11. The quantitative estimate of drug-likeness (QED) is 0.167. The van der Waals surface area contributed by atoms with Gasteiger partial charge in [0.2, 0.25) is 0 Å². The van der Waals surface area contributed by atoms with Crippen molar-refractivity contribution in [1.29, 1.82) is 0 Å². The minimum absolute atomic E-state index is 0.0512. The van der Waals surface area contributed by atoms with Gasteiger partial charge in [0.15, 0.2) is 0 Å². The number of urea groups is 1. The van der Waals surface area contributed by atoms with Gasteiger partial charge in [-0.15, -0.1) is 10.1 Å². The fourth-order valence-electron chi connectivity index (χ4n) is 4.26. The maximum Gasteiger partial charge on any atom is 0.407 e. The Hall–Kier alpha value is -5.88. The van der Waals surface area contributed by atoms with Crippen LogP contribution in [0.15, 0.2) is 48.5 Å². The second-order valence-electron chi connectivity index (χ2n) is 10.3. The lowest BCUT2D eigenvalue weighted by atomic mass is 10.1. The third-order valence-electron chi connectivity index (χ3n) is 6.65. The van der Waals surface area contributed by atoms with Crippen LogP contribution in [0, 0.1) is 0 Å². The highest BCUT2D eigenvalue weighted by molar-refractivity contribution is 6.05. The van der Waals surface area contributed by atoms with Crippen molar-refractivity contribution in [2.45, 2.75) is 32.3 Å². The Bertz CT molecular complexity index is 1480. The van der Waals surface area contributed by atoms with Crippen molar-refractivity contribution in [2.75, 3.05) is 44.8 Å². The predicted octanol–water partition coefficient (Wildman–Crippen LogP) is 1.21. The highest BCUT2D eigenvalue weighted by Crippen LogP contribution is 2.21. The van der Waals surface area contributed by atoms with E-state index >= 15 is 0 Å². The van der Waals surface area contributed by atoms with E-state index < -0.39 is 47.7 Å². The zero-order chi connectivity index (χ0) is 35.2. The molecule has 0 aromatic heterocycles. The highest BCUT2D eigenvalue weighted by atomic mass is 16.7. The van der Waals surface area contributed by atoms with E-state index in [-0.39, 0.29) is 88.6 Å². The molecule has 2 aliphatic heterocycles. The van der Waals surface area contributed by atoms with Gasteiger partial charge >= 0.3 is 24.1 Å². The summed E-state index contributed by atoms with van der Waals surface area (Å²) in [5.74, 6) is -5.35. The second-order valence-corrected chi connectivity index (χ2v) is 10.3. The van der Waals surface area contributed by atoms with Crippen molar-refractivity contribution in [3.05, 3.63) is 65.2 Å². The number of nitrogens with zero attached hydrogens (tertiary/aromatic N) is 2. The van der Waals surface area contributed by atoms with Crippen molar-refractivity contribution < 1.29 is 62.2 Å². The smallest absolute Gasteiger partial charge is 0.407 e. The molecule has 0 unspecified atom stereocenters. The van der Waals surface area contributed by atoms with Crippen molar-refractivity contribution >= 4 is 53.4 Å². The van der Waals surface area contributed by atoms with Crippen molar-refractivity contribution in [3.8, 4) is 0 Å². The number of benzene rings is 2. The number of anilines is 1. The molecular formula is C31H33N5O13. The number of carbonyl (C=O) groups is 8. The SMILES string of the molecule is O=C(NCCOCCOCCNC(=O)OCc1ccccc1)Nc1cc(C(=O)ON2C(=O)CCC2=O)cc(C(=O)ON2C(=O)CCC2=O)c1. The zero-order valence-corrected chi connectivity index (χ0v) is 26.1. The Balaban J connectivity index is 1.19. The van der Waals surface area contributed by atoms with Crippen molar-refractivity contribution in [2.24, 2.45) is 0 Å². The molecule has 260 valence electrons. The van der Waals surface area contributed by atoms with Gasteiger partial charge in [0.1, 0.15) is 6.61 Å². The molecule has 2 fully saturated rings. The molecule has 18 heteroatoms. The van der Waals surface area contributed by atoms with Crippen LogP contribution >= 0.6 is 0 Å². The molecule has 0 aliphatic carbocycles. The second kappa shape index (κ2) is 17.9. The zero-order valence-electron chi connectivity index (χ0n) is 26.1. The Labute approximate surface area is 278 Å². The van der Waals surface area contributed by atoms with Gasteiger partial charge in [0.25, 0.3) is 23.6 Å². The van der Waals surface area contributed by atoms with Crippen molar-refractivity contribution in [3.63, 3.8) is 0 Å². The Kier molecular flexibility index (Phi) is 13.1. The van der Waals surface area contributed by atoms with Gasteiger partial charge in [-0.05, 0) is 23.8 Å². The number of hydrogen-bond acceptors (Lipinski definition) is 13. The van der Waals surface area contributed by atoms with E-state index in [0.29, 0.717) is 10.1 Å². The number of hydroxylamine groups is 4. The van der Waals surface area contributed by atoms with E-state index in [9.17, 15) is 38.4 Å². The molecule has 2 aromatic rings. The molecule has 2 aliphatic rings. The van der Waals surface area contributed by atoms with Crippen LogP contribution in [0.2, 0.25) is 0 Å².